The summed E-state index contributed by atoms with van der Waals surface area (Å²) in [5.74, 6) is -0.102. The summed E-state index contributed by atoms with van der Waals surface area (Å²) in [6.07, 6.45) is 5.13. The van der Waals surface area contributed by atoms with Crippen molar-refractivity contribution in [1.29, 1.82) is 0 Å². The maximum atomic E-state index is 13.1. The molecule has 80 valence electrons. The summed E-state index contributed by atoms with van der Waals surface area (Å²) in [6, 6.07) is 8.39. The molecule has 0 bridgehead atoms. The minimum absolute atomic E-state index is 0.102. The van der Waals surface area contributed by atoms with Gasteiger partial charge in [-0.3, -0.25) is 4.90 Å². The Bertz CT molecular complexity index is 359. The molecular weight excluding hydrogens is 189 g/mol. The molecule has 0 amide bonds. The molecule has 1 atom stereocenters. The second-order valence-electron chi connectivity index (χ2n) is 4.68. The Labute approximate surface area is 89.9 Å². The Morgan fingerprint density at radius 2 is 2.07 bits per heavy atom. The molecule has 1 aliphatic carbocycles. The number of hydrogen-bond donors (Lipinski definition) is 0. The number of halogens is 1. The van der Waals surface area contributed by atoms with Crippen molar-refractivity contribution in [3.8, 4) is 0 Å². The lowest BCUT2D eigenvalue weighted by atomic mass is 10.0. The Morgan fingerprint density at radius 3 is 2.80 bits per heavy atom. The summed E-state index contributed by atoms with van der Waals surface area (Å²) in [7, 11) is 0. The van der Waals surface area contributed by atoms with Gasteiger partial charge in [-0.05, 0) is 49.9 Å². The normalized spacial score (nSPS) is 27.1. The van der Waals surface area contributed by atoms with Gasteiger partial charge in [0.25, 0.3) is 0 Å². The number of nitrogens with zero attached hydrogens (tertiary/aromatic N) is 1. The molecule has 1 aliphatic heterocycles. The van der Waals surface area contributed by atoms with Crippen molar-refractivity contribution in [3.63, 3.8) is 0 Å². The lowest BCUT2D eigenvalue weighted by Gasteiger charge is -2.24. The van der Waals surface area contributed by atoms with E-state index in [1.807, 2.05) is 6.07 Å². The van der Waals surface area contributed by atoms with E-state index < -0.39 is 0 Å². The Hall–Kier alpha value is -0.890. The molecule has 1 aromatic rings. The van der Waals surface area contributed by atoms with Gasteiger partial charge in [-0.15, -0.1) is 0 Å². The average Bonchev–Trinajstić information content (AvgIpc) is 2.96. The van der Waals surface area contributed by atoms with Crippen LogP contribution >= 0.6 is 0 Å². The van der Waals surface area contributed by atoms with Crippen LogP contribution < -0.4 is 0 Å². The predicted octanol–water partition coefficient (Wildman–Crippen LogP) is 3.13. The molecule has 1 aromatic carbocycles. The Kier molecular flexibility index (Phi) is 2.24. The molecular formula is C13H16FN. The second-order valence-corrected chi connectivity index (χ2v) is 4.68. The molecule has 0 aromatic heterocycles. The van der Waals surface area contributed by atoms with E-state index in [9.17, 15) is 4.39 Å². The van der Waals surface area contributed by atoms with Gasteiger partial charge >= 0.3 is 0 Å². The molecule has 1 saturated heterocycles. The van der Waals surface area contributed by atoms with E-state index in [1.165, 1.54) is 43.9 Å². The molecule has 2 fully saturated rings. The lowest BCUT2D eigenvalue weighted by molar-refractivity contribution is 0.246. The van der Waals surface area contributed by atoms with Crippen molar-refractivity contribution in [2.24, 2.45) is 0 Å². The lowest BCUT2D eigenvalue weighted by Crippen LogP contribution is -2.25. The van der Waals surface area contributed by atoms with Crippen LogP contribution in [0.5, 0.6) is 0 Å². The summed E-state index contributed by atoms with van der Waals surface area (Å²) in [6.45, 7) is 1.20. The molecule has 1 saturated carbocycles. The zero-order valence-corrected chi connectivity index (χ0v) is 8.82. The number of hydrogen-bond acceptors (Lipinski definition) is 1. The van der Waals surface area contributed by atoms with Crippen LogP contribution in [0.4, 0.5) is 4.39 Å². The highest BCUT2D eigenvalue weighted by atomic mass is 19.1. The first kappa shape index (κ1) is 9.34. The third-order valence-electron chi connectivity index (χ3n) is 3.54. The first-order chi connectivity index (χ1) is 7.34. The monoisotopic (exact) mass is 205 g/mol. The third-order valence-corrected chi connectivity index (χ3v) is 3.54. The van der Waals surface area contributed by atoms with Gasteiger partial charge in [0.05, 0.1) is 0 Å². The zero-order valence-electron chi connectivity index (χ0n) is 8.82. The summed E-state index contributed by atoms with van der Waals surface area (Å²) < 4.78 is 13.1. The van der Waals surface area contributed by atoms with Crippen molar-refractivity contribution < 1.29 is 4.39 Å². The zero-order chi connectivity index (χ0) is 10.3. The molecule has 15 heavy (non-hydrogen) atoms. The smallest absolute Gasteiger partial charge is 0.123 e. The van der Waals surface area contributed by atoms with Crippen LogP contribution in [0.3, 0.4) is 0 Å². The molecule has 3 rings (SSSR count). The second kappa shape index (κ2) is 3.60. The fraction of sp³-hybridized carbons (Fsp3) is 0.538. The summed E-state index contributed by atoms with van der Waals surface area (Å²) in [5, 5.41) is 0. The van der Waals surface area contributed by atoms with Crippen LogP contribution in [0, 0.1) is 5.82 Å². The van der Waals surface area contributed by atoms with Gasteiger partial charge in [0.15, 0.2) is 0 Å². The van der Waals surface area contributed by atoms with E-state index in [0.717, 1.165) is 6.04 Å². The van der Waals surface area contributed by atoms with E-state index in [4.69, 9.17) is 0 Å². The standard InChI is InChI=1S/C13H16FN/c14-11-4-1-3-10(9-11)13-5-2-8-15(13)12-6-7-12/h1,3-4,9,12-13H,2,5-8H2/t13-/m0/s1. The molecule has 0 radical (unpaired) electrons. The highest BCUT2D eigenvalue weighted by Gasteiger charge is 2.37. The van der Waals surface area contributed by atoms with Gasteiger partial charge in [0.1, 0.15) is 5.82 Å². The Balaban J connectivity index is 1.85. The van der Waals surface area contributed by atoms with Crippen LogP contribution in [0.15, 0.2) is 24.3 Å². The number of likely N-dealkylation sites (tertiary alicyclic amines) is 1. The van der Waals surface area contributed by atoms with Crippen molar-refractivity contribution in [2.75, 3.05) is 6.54 Å². The minimum Gasteiger partial charge on any atom is -0.293 e. The van der Waals surface area contributed by atoms with Gasteiger partial charge in [0.2, 0.25) is 0 Å². The van der Waals surface area contributed by atoms with Gasteiger partial charge < -0.3 is 0 Å². The quantitative estimate of drug-likeness (QED) is 0.717. The van der Waals surface area contributed by atoms with Crippen LogP contribution in [-0.2, 0) is 0 Å². The van der Waals surface area contributed by atoms with E-state index in [-0.39, 0.29) is 5.82 Å². The van der Waals surface area contributed by atoms with Crippen LogP contribution in [0.2, 0.25) is 0 Å². The molecule has 1 heterocycles. The topological polar surface area (TPSA) is 3.24 Å². The highest BCUT2D eigenvalue weighted by Crippen LogP contribution is 2.40. The average molecular weight is 205 g/mol. The van der Waals surface area contributed by atoms with Crippen LogP contribution in [0.25, 0.3) is 0 Å². The first-order valence-electron chi connectivity index (χ1n) is 5.86. The van der Waals surface area contributed by atoms with Crippen molar-refractivity contribution in [2.45, 2.75) is 37.8 Å². The van der Waals surface area contributed by atoms with Crippen LogP contribution in [0.1, 0.15) is 37.3 Å². The van der Waals surface area contributed by atoms with Gasteiger partial charge in [0, 0.05) is 12.1 Å². The summed E-state index contributed by atoms with van der Waals surface area (Å²) in [5.41, 5.74) is 1.17. The molecule has 2 aliphatic rings. The Morgan fingerprint density at radius 1 is 1.20 bits per heavy atom. The maximum Gasteiger partial charge on any atom is 0.123 e. The van der Waals surface area contributed by atoms with E-state index in [1.54, 1.807) is 6.07 Å². The molecule has 1 nitrogen and oxygen atoms in total. The number of rotatable bonds is 2. The molecule has 2 heteroatoms. The van der Waals surface area contributed by atoms with E-state index >= 15 is 0 Å². The van der Waals surface area contributed by atoms with Gasteiger partial charge in [-0.1, -0.05) is 12.1 Å². The minimum atomic E-state index is -0.102. The fourth-order valence-corrected chi connectivity index (χ4v) is 2.70. The fourth-order valence-electron chi connectivity index (χ4n) is 2.70. The predicted molar refractivity (Wildman–Crippen MR) is 58.1 cm³/mol. The van der Waals surface area contributed by atoms with E-state index in [0.29, 0.717) is 6.04 Å². The largest absolute Gasteiger partial charge is 0.293 e. The summed E-state index contributed by atoms with van der Waals surface area (Å²) >= 11 is 0. The molecule has 0 spiro atoms. The third kappa shape index (κ3) is 1.78. The maximum absolute atomic E-state index is 13.1. The van der Waals surface area contributed by atoms with E-state index in [2.05, 4.69) is 11.0 Å². The van der Waals surface area contributed by atoms with Crippen molar-refractivity contribution in [3.05, 3.63) is 35.6 Å². The molecule has 0 unspecified atom stereocenters. The SMILES string of the molecule is Fc1cccc([C@@H]2CCCN2C2CC2)c1. The van der Waals surface area contributed by atoms with Gasteiger partial charge in [-0.25, -0.2) is 4.39 Å². The van der Waals surface area contributed by atoms with Crippen LogP contribution in [-0.4, -0.2) is 17.5 Å². The highest BCUT2D eigenvalue weighted by molar-refractivity contribution is 5.21. The van der Waals surface area contributed by atoms with Gasteiger partial charge in [-0.2, -0.15) is 0 Å². The summed E-state index contributed by atoms with van der Waals surface area (Å²) in [4.78, 5) is 2.56. The van der Waals surface area contributed by atoms with Crippen molar-refractivity contribution >= 4 is 0 Å². The number of benzene rings is 1. The van der Waals surface area contributed by atoms with Crippen molar-refractivity contribution in [1.82, 2.24) is 4.90 Å². The molecule has 0 N–H and O–H groups in total. The first-order valence-corrected chi connectivity index (χ1v) is 5.86.